The summed E-state index contributed by atoms with van der Waals surface area (Å²) in [7, 11) is 1.48. The smallest absolute Gasteiger partial charge is 0.347 e. The van der Waals surface area contributed by atoms with Crippen LogP contribution in [0.3, 0.4) is 0 Å². The highest BCUT2D eigenvalue weighted by atomic mass is 16.5. The highest BCUT2D eigenvalue weighted by Crippen LogP contribution is 2.13. The van der Waals surface area contributed by atoms with Gasteiger partial charge < -0.3 is 9.47 Å². The first kappa shape index (κ1) is 17.6. The summed E-state index contributed by atoms with van der Waals surface area (Å²) < 4.78 is 12.0. The van der Waals surface area contributed by atoms with Gasteiger partial charge in [0.1, 0.15) is 6.61 Å². The second-order valence-corrected chi connectivity index (χ2v) is 5.66. The average molecular weight is 353 g/mol. The van der Waals surface area contributed by atoms with E-state index in [0.717, 1.165) is 15.8 Å². The maximum Gasteiger partial charge on any atom is 0.347 e. The molecule has 1 aromatic heterocycles. The number of methoxy groups -OCH3 is 1. The predicted octanol–water partition coefficient (Wildman–Crippen LogP) is 1.90. The predicted molar refractivity (Wildman–Crippen MR) is 96.1 cm³/mol. The third-order valence-corrected chi connectivity index (χ3v) is 3.84. The molecule has 134 valence electrons. The first-order valence-corrected chi connectivity index (χ1v) is 8.14. The van der Waals surface area contributed by atoms with E-state index in [1.54, 1.807) is 0 Å². The van der Waals surface area contributed by atoms with Gasteiger partial charge in [0.2, 0.25) is 0 Å². The molecule has 0 spiro atoms. The van der Waals surface area contributed by atoms with Gasteiger partial charge in [0.05, 0.1) is 0 Å². The van der Waals surface area contributed by atoms with Crippen molar-refractivity contribution in [3.63, 3.8) is 0 Å². The van der Waals surface area contributed by atoms with Crippen molar-refractivity contribution in [2.45, 2.75) is 19.3 Å². The summed E-state index contributed by atoms with van der Waals surface area (Å²) in [5.74, 6) is -0.177. The van der Waals surface area contributed by atoms with E-state index in [1.807, 2.05) is 60.7 Å². The SMILES string of the molecule is COC(Cc1ccccc1)n1nc(OCc2ccccc2)c(=O)[nH]c1=O. The Bertz CT molecular complexity index is 952. The van der Waals surface area contributed by atoms with Crippen molar-refractivity contribution < 1.29 is 9.47 Å². The molecule has 1 atom stereocenters. The Hall–Kier alpha value is -3.19. The highest BCUT2D eigenvalue weighted by Gasteiger charge is 2.17. The summed E-state index contributed by atoms with van der Waals surface area (Å²) >= 11 is 0. The maximum absolute atomic E-state index is 12.2. The van der Waals surface area contributed by atoms with Crippen LogP contribution in [-0.2, 0) is 17.8 Å². The lowest BCUT2D eigenvalue weighted by atomic mass is 10.1. The Morgan fingerprint density at radius 3 is 2.23 bits per heavy atom. The molecule has 2 aromatic carbocycles. The third kappa shape index (κ3) is 4.25. The van der Waals surface area contributed by atoms with Gasteiger partial charge in [0.15, 0.2) is 6.23 Å². The van der Waals surface area contributed by atoms with Crippen LogP contribution in [0.15, 0.2) is 70.3 Å². The van der Waals surface area contributed by atoms with Crippen LogP contribution in [0.1, 0.15) is 17.4 Å². The zero-order valence-electron chi connectivity index (χ0n) is 14.3. The Morgan fingerprint density at radius 1 is 1.00 bits per heavy atom. The number of aromatic amines is 1. The van der Waals surface area contributed by atoms with Gasteiger partial charge in [-0.3, -0.25) is 9.78 Å². The molecule has 0 aliphatic rings. The fourth-order valence-corrected chi connectivity index (χ4v) is 2.50. The van der Waals surface area contributed by atoms with Crippen molar-refractivity contribution in [1.82, 2.24) is 14.8 Å². The number of ether oxygens (including phenoxy) is 2. The first-order chi connectivity index (χ1) is 12.7. The van der Waals surface area contributed by atoms with Gasteiger partial charge >= 0.3 is 11.2 Å². The molecule has 0 amide bonds. The number of benzene rings is 2. The standard InChI is InChI=1S/C19H19N3O4/c1-25-16(12-14-8-4-2-5-9-14)22-19(24)20-17(23)18(21-22)26-13-15-10-6-3-7-11-15/h2-11,16H,12-13H2,1H3,(H,20,23,24). The van der Waals surface area contributed by atoms with Crippen molar-refractivity contribution in [2.75, 3.05) is 7.11 Å². The van der Waals surface area contributed by atoms with E-state index in [9.17, 15) is 9.59 Å². The van der Waals surface area contributed by atoms with Crippen LogP contribution >= 0.6 is 0 Å². The molecule has 0 saturated heterocycles. The highest BCUT2D eigenvalue weighted by molar-refractivity contribution is 5.16. The Kier molecular flexibility index (Phi) is 5.60. The largest absolute Gasteiger partial charge is 0.468 e. The number of nitrogens with zero attached hydrogens (tertiary/aromatic N) is 2. The summed E-state index contributed by atoms with van der Waals surface area (Å²) in [6.07, 6.45) is -0.241. The third-order valence-electron chi connectivity index (χ3n) is 3.84. The van der Waals surface area contributed by atoms with E-state index in [-0.39, 0.29) is 12.5 Å². The molecule has 0 aliphatic heterocycles. The molecule has 3 aromatic rings. The number of hydrogen-bond donors (Lipinski definition) is 1. The van der Waals surface area contributed by atoms with Crippen LogP contribution in [0.25, 0.3) is 0 Å². The van der Waals surface area contributed by atoms with Crippen molar-refractivity contribution in [3.05, 3.63) is 92.6 Å². The number of aromatic nitrogens is 3. The van der Waals surface area contributed by atoms with E-state index in [0.29, 0.717) is 6.42 Å². The number of hydrogen-bond acceptors (Lipinski definition) is 5. The second kappa shape index (κ2) is 8.26. The molecular weight excluding hydrogens is 334 g/mol. The fraction of sp³-hybridized carbons (Fsp3) is 0.211. The van der Waals surface area contributed by atoms with Crippen LogP contribution in [0.4, 0.5) is 0 Å². The minimum absolute atomic E-state index is 0.172. The van der Waals surface area contributed by atoms with Gasteiger partial charge in [-0.05, 0) is 11.1 Å². The lowest BCUT2D eigenvalue weighted by Gasteiger charge is -2.17. The summed E-state index contributed by atoms with van der Waals surface area (Å²) in [5.41, 5.74) is 0.548. The van der Waals surface area contributed by atoms with E-state index >= 15 is 0 Å². The normalized spacial score (nSPS) is 11.9. The lowest BCUT2D eigenvalue weighted by Crippen LogP contribution is -2.37. The first-order valence-electron chi connectivity index (χ1n) is 8.14. The van der Waals surface area contributed by atoms with E-state index in [2.05, 4.69) is 10.1 Å². The topological polar surface area (TPSA) is 86.2 Å². The monoisotopic (exact) mass is 353 g/mol. The molecule has 7 nitrogen and oxygen atoms in total. The lowest BCUT2D eigenvalue weighted by molar-refractivity contribution is 0.0265. The van der Waals surface area contributed by atoms with Crippen molar-refractivity contribution >= 4 is 0 Å². The van der Waals surface area contributed by atoms with E-state index in [1.165, 1.54) is 7.11 Å². The summed E-state index contributed by atoms with van der Waals surface area (Å²) in [6, 6.07) is 18.9. The van der Waals surface area contributed by atoms with Crippen LogP contribution in [-0.4, -0.2) is 21.9 Å². The maximum atomic E-state index is 12.2. The van der Waals surface area contributed by atoms with Gasteiger partial charge in [-0.2, -0.15) is 4.68 Å². The second-order valence-electron chi connectivity index (χ2n) is 5.66. The van der Waals surface area contributed by atoms with Gasteiger partial charge in [-0.25, -0.2) is 4.79 Å². The zero-order chi connectivity index (χ0) is 18.4. The summed E-state index contributed by atoms with van der Waals surface area (Å²) in [4.78, 5) is 26.4. The number of H-pyrrole nitrogens is 1. The molecule has 0 saturated carbocycles. The minimum Gasteiger partial charge on any atom is -0.468 e. The van der Waals surface area contributed by atoms with Crippen LogP contribution in [0.2, 0.25) is 0 Å². The summed E-state index contributed by atoms with van der Waals surface area (Å²) in [5, 5.41) is 4.07. The molecule has 0 bridgehead atoms. The summed E-state index contributed by atoms with van der Waals surface area (Å²) in [6.45, 7) is 0.172. The van der Waals surface area contributed by atoms with Gasteiger partial charge in [0.25, 0.3) is 5.88 Å². The van der Waals surface area contributed by atoms with E-state index < -0.39 is 17.5 Å². The molecule has 1 N–H and O–H groups in total. The Balaban J connectivity index is 1.84. The zero-order valence-corrected chi connectivity index (χ0v) is 14.3. The minimum atomic E-state index is -0.670. The molecule has 1 unspecified atom stereocenters. The molecule has 7 heteroatoms. The van der Waals surface area contributed by atoms with Crippen molar-refractivity contribution in [1.29, 1.82) is 0 Å². The molecule has 3 rings (SSSR count). The Labute approximate surface area is 149 Å². The Morgan fingerprint density at radius 2 is 1.62 bits per heavy atom. The molecule has 0 aliphatic carbocycles. The van der Waals surface area contributed by atoms with Gasteiger partial charge in [-0.15, -0.1) is 5.10 Å². The van der Waals surface area contributed by atoms with Gasteiger partial charge in [-0.1, -0.05) is 60.7 Å². The van der Waals surface area contributed by atoms with Crippen LogP contribution < -0.4 is 16.0 Å². The van der Waals surface area contributed by atoms with Crippen molar-refractivity contribution in [3.8, 4) is 5.88 Å². The molecule has 0 radical (unpaired) electrons. The number of nitrogens with one attached hydrogen (secondary N) is 1. The van der Waals surface area contributed by atoms with E-state index in [4.69, 9.17) is 9.47 Å². The van der Waals surface area contributed by atoms with Crippen LogP contribution in [0.5, 0.6) is 5.88 Å². The molecule has 0 fully saturated rings. The number of rotatable bonds is 7. The van der Waals surface area contributed by atoms with Crippen LogP contribution in [0, 0.1) is 0 Å². The molecule has 26 heavy (non-hydrogen) atoms. The van der Waals surface area contributed by atoms with Crippen molar-refractivity contribution in [2.24, 2.45) is 0 Å². The molecule has 1 heterocycles. The van der Waals surface area contributed by atoms with Gasteiger partial charge in [0, 0.05) is 13.5 Å². The quantitative estimate of drug-likeness (QED) is 0.701. The molecular formula is C19H19N3O4. The fourth-order valence-electron chi connectivity index (χ4n) is 2.50. The average Bonchev–Trinajstić information content (AvgIpc) is 2.67.